The normalized spacial score (nSPS) is 24.6. The van der Waals surface area contributed by atoms with E-state index in [4.69, 9.17) is 16.3 Å². The number of hydrogen-bond acceptors (Lipinski definition) is 5. The van der Waals surface area contributed by atoms with Gasteiger partial charge in [0.05, 0.1) is 33.4 Å². The van der Waals surface area contributed by atoms with Crippen LogP contribution in [-0.4, -0.2) is 80.8 Å². The fourth-order valence-electron chi connectivity index (χ4n) is 4.23. The molecule has 8 nitrogen and oxygen atoms in total. The molecule has 3 saturated heterocycles. The number of carbonyl (C=O) groups excluding carboxylic acids is 2. The summed E-state index contributed by atoms with van der Waals surface area (Å²) in [7, 11) is -3.92. The van der Waals surface area contributed by atoms with Gasteiger partial charge >= 0.3 is 12.2 Å². The van der Waals surface area contributed by atoms with Crippen molar-refractivity contribution in [2.24, 2.45) is 5.92 Å². The van der Waals surface area contributed by atoms with Crippen LogP contribution in [0.4, 0.5) is 18.0 Å². The maximum Gasteiger partial charge on any atom is 0.416 e. The minimum absolute atomic E-state index is 0.0142. The third kappa shape index (κ3) is 4.67. The summed E-state index contributed by atoms with van der Waals surface area (Å²) < 4.78 is 69.1. The van der Waals surface area contributed by atoms with Crippen LogP contribution in [0, 0.1) is 5.92 Å². The van der Waals surface area contributed by atoms with E-state index in [9.17, 15) is 31.2 Å². The third-order valence-corrected chi connectivity index (χ3v) is 8.23. The van der Waals surface area contributed by atoms with Gasteiger partial charge in [-0.25, -0.2) is 13.2 Å². The first-order chi connectivity index (χ1) is 14.9. The molecule has 4 rings (SSSR count). The van der Waals surface area contributed by atoms with Gasteiger partial charge in [0.15, 0.2) is 9.84 Å². The molecule has 3 aliphatic rings. The summed E-state index contributed by atoms with van der Waals surface area (Å²) in [5, 5.41) is 2.34. The Kier molecular flexibility index (Phi) is 6.05. The van der Waals surface area contributed by atoms with Crippen molar-refractivity contribution in [2.45, 2.75) is 29.6 Å². The predicted molar refractivity (Wildman–Crippen MR) is 107 cm³/mol. The molecular weight excluding hydrogens is 475 g/mol. The van der Waals surface area contributed by atoms with Crippen molar-refractivity contribution in [3.8, 4) is 0 Å². The Hall–Kier alpha value is -2.05. The molecule has 1 aromatic carbocycles. The van der Waals surface area contributed by atoms with E-state index in [1.54, 1.807) is 4.90 Å². The van der Waals surface area contributed by atoms with Gasteiger partial charge in [0.2, 0.25) is 5.91 Å². The molecule has 0 aliphatic carbocycles. The van der Waals surface area contributed by atoms with Crippen LogP contribution in [0.25, 0.3) is 0 Å². The highest BCUT2D eigenvalue weighted by Crippen LogP contribution is 2.34. The molecule has 0 bridgehead atoms. The molecule has 1 aromatic rings. The number of hydrogen-bond donors (Lipinski definition) is 1. The van der Waals surface area contributed by atoms with Gasteiger partial charge in [0, 0.05) is 32.1 Å². The maximum absolute atomic E-state index is 12.8. The van der Waals surface area contributed by atoms with Gasteiger partial charge < -0.3 is 19.9 Å². The summed E-state index contributed by atoms with van der Waals surface area (Å²) in [6.45, 7) is 1.22. The lowest BCUT2D eigenvalue weighted by atomic mass is 9.99. The van der Waals surface area contributed by atoms with Gasteiger partial charge in [-0.3, -0.25) is 4.79 Å². The lowest BCUT2D eigenvalue weighted by molar-refractivity contribution is -0.140. The number of piperidine rings is 1. The molecule has 3 amide bonds. The quantitative estimate of drug-likeness (QED) is 0.689. The number of sulfone groups is 1. The first-order valence-electron chi connectivity index (χ1n) is 9.98. The van der Waals surface area contributed by atoms with E-state index in [-0.39, 0.29) is 60.3 Å². The van der Waals surface area contributed by atoms with Crippen molar-refractivity contribution in [1.82, 2.24) is 15.1 Å². The fourth-order valence-corrected chi connectivity index (χ4v) is 6.41. The standard InChI is InChI=1S/C19H21ClF3N3O5S/c20-13-5-12(19(21,22)23)1-2-16(13)32(29,30)10-11-6-26(7-11)18(28)25-4-3-15-14(8-25)24-17(27)9-31-15/h1-2,5,11,14-15H,3-4,6-10H2,(H,24,27)/t14-,15+/m1/s1. The molecule has 2 atom stereocenters. The number of alkyl halides is 3. The van der Waals surface area contributed by atoms with Gasteiger partial charge in [0.1, 0.15) is 6.61 Å². The summed E-state index contributed by atoms with van der Waals surface area (Å²) in [6.07, 6.45) is -4.16. The van der Waals surface area contributed by atoms with Crippen LogP contribution in [-0.2, 0) is 25.5 Å². The summed E-state index contributed by atoms with van der Waals surface area (Å²) in [5.41, 5.74) is -1.02. The van der Waals surface area contributed by atoms with Crippen molar-refractivity contribution in [1.29, 1.82) is 0 Å². The molecular formula is C19H21ClF3N3O5S. The van der Waals surface area contributed by atoms with Crippen molar-refractivity contribution in [2.75, 3.05) is 38.5 Å². The van der Waals surface area contributed by atoms with Crippen molar-refractivity contribution >= 4 is 33.4 Å². The molecule has 0 radical (unpaired) electrons. The van der Waals surface area contributed by atoms with Crippen LogP contribution in [0.5, 0.6) is 0 Å². The Bertz CT molecular complexity index is 1030. The molecule has 0 unspecified atom stereocenters. The van der Waals surface area contributed by atoms with Crippen LogP contribution < -0.4 is 5.32 Å². The fraction of sp³-hybridized carbons (Fsp3) is 0.579. The molecule has 0 spiro atoms. The number of nitrogens with one attached hydrogen (secondary N) is 1. The van der Waals surface area contributed by atoms with E-state index in [1.807, 2.05) is 0 Å². The second-order valence-electron chi connectivity index (χ2n) is 8.24. The second-order valence-corrected chi connectivity index (χ2v) is 10.6. The molecule has 0 aromatic heterocycles. The number of amides is 3. The zero-order chi connectivity index (χ0) is 23.3. The number of rotatable bonds is 3. The number of benzene rings is 1. The number of fused-ring (bicyclic) bond motifs is 1. The Labute approximate surface area is 187 Å². The van der Waals surface area contributed by atoms with Gasteiger partial charge in [-0.05, 0) is 24.6 Å². The molecule has 3 fully saturated rings. The van der Waals surface area contributed by atoms with Gasteiger partial charge in [0.25, 0.3) is 0 Å². The zero-order valence-electron chi connectivity index (χ0n) is 16.8. The molecule has 0 saturated carbocycles. The second kappa shape index (κ2) is 8.38. The Morgan fingerprint density at radius 1 is 1.22 bits per heavy atom. The van der Waals surface area contributed by atoms with E-state index in [0.717, 1.165) is 6.07 Å². The van der Waals surface area contributed by atoms with Crippen LogP contribution in [0.15, 0.2) is 23.1 Å². The minimum Gasteiger partial charge on any atom is -0.366 e. The van der Waals surface area contributed by atoms with E-state index in [0.29, 0.717) is 31.6 Å². The van der Waals surface area contributed by atoms with Crippen LogP contribution in [0.3, 0.4) is 0 Å². The maximum atomic E-state index is 12.8. The molecule has 13 heteroatoms. The Balaban J connectivity index is 1.33. The zero-order valence-corrected chi connectivity index (χ0v) is 18.3. The van der Waals surface area contributed by atoms with Crippen molar-refractivity contribution in [3.05, 3.63) is 28.8 Å². The SMILES string of the molecule is O=C1CO[C@H]2CCN(C(=O)N3CC(CS(=O)(=O)c4ccc(C(F)(F)F)cc4Cl)C3)C[C@H]2N1. The first kappa shape index (κ1) is 23.1. The number of likely N-dealkylation sites (tertiary alicyclic amines) is 2. The summed E-state index contributed by atoms with van der Waals surface area (Å²) >= 11 is 5.82. The highest BCUT2D eigenvalue weighted by molar-refractivity contribution is 7.91. The topological polar surface area (TPSA) is 96.0 Å². The number of ether oxygens (including phenoxy) is 1. The molecule has 1 N–H and O–H groups in total. The van der Waals surface area contributed by atoms with Gasteiger partial charge in [-0.15, -0.1) is 0 Å². The number of nitrogens with zero attached hydrogens (tertiary/aromatic N) is 2. The number of morpholine rings is 1. The van der Waals surface area contributed by atoms with E-state index >= 15 is 0 Å². The number of carbonyl (C=O) groups is 2. The monoisotopic (exact) mass is 495 g/mol. The predicted octanol–water partition coefficient (Wildman–Crippen LogP) is 1.77. The lowest BCUT2D eigenvalue weighted by Gasteiger charge is -2.46. The average molecular weight is 496 g/mol. The first-order valence-corrected chi connectivity index (χ1v) is 12.0. The summed E-state index contributed by atoms with van der Waals surface area (Å²) in [4.78, 5) is 27.0. The largest absolute Gasteiger partial charge is 0.416 e. The van der Waals surface area contributed by atoms with Gasteiger partial charge in [-0.1, -0.05) is 11.6 Å². The van der Waals surface area contributed by atoms with E-state index in [2.05, 4.69) is 5.32 Å². The van der Waals surface area contributed by atoms with Crippen LogP contribution >= 0.6 is 11.6 Å². The lowest BCUT2D eigenvalue weighted by Crippen LogP contribution is -2.64. The Morgan fingerprint density at radius 3 is 2.59 bits per heavy atom. The molecule has 32 heavy (non-hydrogen) atoms. The molecule has 176 valence electrons. The highest BCUT2D eigenvalue weighted by Gasteiger charge is 2.41. The molecule has 3 heterocycles. The van der Waals surface area contributed by atoms with E-state index in [1.165, 1.54) is 4.90 Å². The molecule has 3 aliphatic heterocycles. The van der Waals surface area contributed by atoms with Crippen molar-refractivity contribution in [3.63, 3.8) is 0 Å². The van der Waals surface area contributed by atoms with Gasteiger partial charge in [-0.2, -0.15) is 13.2 Å². The number of urea groups is 1. The van der Waals surface area contributed by atoms with Crippen LogP contribution in [0.1, 0.15) is 12.0 Å². The average Bonchev–Trinajstić information content (AvgIpc) is 2.68. The summed E-state index contributed by atoms with van der Waals surface area (Å²) in [5.74, 6) is -0.898. The summed E-state index contributed by atoms with van der Waals surface area (Å²) in [6, 6.07) is 1.64. The minimum atomic E-state index is -4.62. The Morgan fingerprint density at radius 2 is 1.94 bits per heavy atom. The van der Waals surface area contributed by atoms with Crippen molar-refractivity contribution < 1.29 is 35.9 Å². The van der Waals surface area contributed by atoms with E-state index < -0.39 is 26.6 Å². The number of halogens is 4. The third-order valence-electron chi connectivity index (χ3n) is 5.87. The highest BCUT2D eigenvalue weighted by atomic mass is 35.5. The van der Waals surface area contributed by atoms with Crippen LogP contribution in [0.2, 0.25) is 5.02 Å². The smallest absolute Gasteiger partial charge is 0.366 e.